The van der Waals surface area contributed by atoms with Crippen LogP contribution in [0.25, 0.3) is 0 Å². The van der Waals surface area contributed by atoms with Gasteiger partial charge in [-0.15, -0.1) is 0 Å². The van der Waals surface area contributed by atoms with E-state index in [1.807, 2.05) is 0 Å². The second-order valence-electron chi connectivity index (χ2n) is 6.43. The molecular weight excluding hydrogens is 445 g/mol. The Labute approximate surface area is 178 Å². The largest absolute Gasteiger partial charge is 0.491 e. The molecule has 3 nitrogen and oxygen atoms in total. The van der Waals surface area contributed by atoms with Gasteiger partial charge in [-0.05, 0) is 36.8 Å². The van der Waals surface area contributed by atoms with E-state index in [9.17, 15) is 30.7 Å². The van der Waals surface area contributed by atoms with Crippen LogP contribution in [-0.4, -0.2) is 6.61 Å². The number of benzene rings is 3. The van der Waals surface area contributed by atoms with Gasteiger partial charge in [-0.1, -0.05) is 12.1 Å². The van der Waals surface area contributed by atoms with Gasteiger partial charge in [-0.3, -0.25) is 0 Å². The van der Waals surface area contributed by atoms with Crippen LogP contribution in [0.1, 0.15) is 18.1 Å². The zero-order valence-corrected chi connectivity index (χ0v) is 16.4. The molecule has 3 aromatic rings. The first-order valence-electron chi connectivity index (χ1n) is 9.16. The van der Waals surface area contributed by atoms with Gasteiger partial charge in [0.2, 0.25) is 11.6 Å². The smallest absolute Gasteiger partial charge is 0.426 e. The van der Waals surface area contributed by atoms with Crippen molar-refractivity contribution < 1.29 is 44.9 Å². The first-order chi connectivity index (χ1) is 15.1. The lowest BCUT2D eigenvalue weighted by atomic mass is 10.1. The van der Waals surface area contributed by atoms with Gasteiger partial charge in [0.15, 0.2) is 29.0 Å². The van der Waals surface area contributed by atoms with Crippen molar-refractivity contribution in [1.82, 2.24) is 0 Å². The van der Waals surface area contributed by atoms with Gasteiger partial charge in [0.05, 0.1) is 12.2 Å². The molecule has 3 aromatic carbocycles. The Hall–Kier alpha value is -3.43. The van der Waals surface area contributed by atoms with E-state index >= 15 is 0 Å². The highest BCUT2D eigenvalue weighted by molar-refractivity contribution is 5.35. The zero-order chi connectivity index (χ0) is 23.5. The molecule has 0 amide bonds. The van der Waals surface area contributed by atoms with Crippen LogP contribution in [0.4, 0.5) is 30.7 Å². The fraction of sp³-hybridized carbons (Fsp3) is 0.182. The van der Waals surface area contributed by atoms with Gasteiger partial charge in [-0.25, -0.2) is 13.2 Å². The minimum Gasteiger partial charge on any atom is -0.491 e. The van der Waals surface area contributed by atoms with Crippen molar-refractivity contribution >= 4 is 0 Å². The number of ether oxygens (including phenoxy) is 3. The average Bonchev–Trinajstić information content (AvgIpc) is 2.75. The standard InChI is InChI=1S/C22H15F7O3/c1-2-30-17-7-8-18(21(27)20(17)26)31-11-12-3-5-13(6-4-12)22(28,29)32-14-9-15(23)19(25)16(24)10-14/h3-10H,2,11H2,1H3. The van der Waals surface area contributed by atoms with Crippen molar-refractivity contribution in [3.8, 4) is 17.2 Å². The van der Waals surface area contributed by atoms with E-state index in [4.69, 9.17) is 9.47 Å². The van der Waals surface area contributed by atoms with Crippen molar-refractivity contribution in [3.05, 3.63) is 88.7 Å². The Balaban J connectivity index is 1.69. The Kier molecular flexibility index (Phi) is 6.81. The van der Waals surface area contributed by atoms with E-state index in [1.165, 1.54) is 24.3 Å². The average molecular weight is 460 g/mol. The lowest BCUT2D eigenvalue weighted by Crippen LogP contribution is -2.22. The molecule has 0 bridgehead atoms. The van der Waals surface area contributed by atoms with Crippen LogP contribution < -0.4 is 14.2 Å². The molecular formula is C22H15F7O3. The molecule has 0 radical (unpaired) electrons. The molecule has 3 rings (SSSR count). The normalized spacial score (nSPS) is 11.4. The molecule has 10 heteroatoms. The third kappa shape index (κ3) is 5.06. The summed E-state index contributed by atoms with van der Waals surface area (Å²) in [6.45, 7) is 1.48. The zero-order valence-electron chi connectivity index (χ0n) is 16.4. The Morgan fingerprint density at radius 3 is 1.78 bits per heavy atom. The Bertz CT molecular complexity index is 1080. The summed E-state index contributed by atoms with van der Waals surface area (Å²) in [4.78, 5) is 0. The Morgan fingerprint density at radius 2 is 1.25 bits per heavy atom. The molecule has 0 N–H and O–H groups in total. The number of alkyl halides is 2. The molecule has 0 atom stereocenters. The monoisotopic (exact) mass is 460 g/mol. The highest BCUT2D eigenvalue weighted by atomic mass is 19.3. The molecule has 0 aromatic heterocycles. The number of rotatable bonds is 8. The van der Waals surface area contributed by atoms with Crippen LogP contribution in [0.3, 0.4) is 0 Å². The molecule has 0 unspecified atom stereocenters. The molecule has 0 aliphatic heterocycles. The van der Waals surface area contributed by atoms with Crippen LogP contribution >= 0.6 is 0 Å². The molecule has 170 valence electrons. The van der Waals surface area contributed by atoms with Gasteiger partial charge in [-0.2, -0.15) is 17.6 Å². The fourth-order valence-corrected chi connectivity index (χ4v) is 2.65. The summed E-state index contributed by atoms with van der Waals surface area (Å²) >= 11 is 0. The van der Waals surface area contributed by atoms with E-state index in [-0.39, 0.29) is 19.0 Å². The SMILES string of the molecule is CCOc1ccc(OCc2ccc(C(F)(F)Oc3cc(F)c(F)c(F)c3)cc2)c(F)c1F. The lowest BCUT2D eigenvalue weighted by molar-refractivity contribution is -0.185. The van der Waals surface area contributed by atoms with Crippen molar-refractivity contribution in [2.24, 2.45) is 0 Å². The third-order valence-electron chi connectivity index (χ3n) is 4.20. The maximum absolute atomic E-state index is 14.3. The topological polar surface area (TPSA) is 27.7 Å². The summed E-state index contributed by atoms with van der Waals surface area (Å²) in [5, 5.41) is 0. The molecule has 0 fully saturated rings. The summed E-state index contributed by atoms with van der Waals surface area (Å²) in [7, 11) is 0. The van der Waals surface area contributed by atoms with Crippen LogP contribution in [0.15, 0.2) is 48.5 Å². The lowest BCUT2D eigenvalue weighted by Gasteiger charge is -2.19. The highest BCUT2D eigenvalue weighted by Gasteiger charge is 2.35. The first kappa shape index (κ1) is 23.2. The van der Waals surface area contributed by atoms with E-state index in [2.05, 4.69) is 4.74 Å². The van der Waals surface area contributed by atoms with Crippen LogP contribution in [0.2, 0.25) is 0 Å². The molecule has 0 aliphatic carbocycles. The maximum atomic E-state index is 14.3. The van der Waals surface area contributed by atoms with E-state index < -0.39 is 52.3 Å². The van der Waals surface area contributed by atoms with Crippen molar-refractivity contribution in [3.63, 3.8) is 0 Å². The summed E-state index contributed by atoms with van der Waals surface area (Å²) in [5.41, 5.74) is -0.346. The van der Waals surface area contributed by atoms with Crippen LogP contribution in [0, 0.1) is 29.1 Å². The van der Waals surface area contributed by atoms with Crippen LogP contribution in [0.5, 0.6) is 17.2 Å². The molecule has 0 spiro atoms. The van der Waals surface area contributed by atoms with Gasteiger partial charge >= 0.3 is 6.11 Å². The predicted octanol–water partition coefficient (Wildman–Crippen LogP) is 6.49. The van der Waals surface area contributed by atoms with Gasteiger partial charge in [0, 0.05) is 12.1 Å². The minimum absolute atomic E-state index is 0.141. The molecule has 0 heterocycles. The second kappa shape index (κ2) is 9.37. The predicted molar refractivity (Wildman–Crippen MR) is 99.1 cm³/mol. The van der Waals surface area contributed by atoms with Gasteiger partial charge < -0.3 is 14.2 Å². The molecule has 0 saturated heterocycles. The summed E-state index contributed by atoms with van der Waals surface area (Å²) in [5.74, 6) is -9.23. The highest BCUT2D eigenvalue weighted by Crippen LogP contribution is 2.33. The van der Waals surface area contributed by atoms with E-state index in [0.29, 0.717) is 17.7 Å². The molecule has 0 aliphatic rings. The van der Waals surface area contributed by atoms with Crippen LogP contribution in [-0.2, 0) is 12.7 Å². The van der Waals surface area contributed by atoms with Gasteiger partial charge in [0.25, 0.3) is 0 Å². The molecule has 32 heavy (non-hydrogen) atoms. The maximum Gasteiger partial charge on any atom is 0.426 e. The van der Waals surface area contributed by atoms with E-state index in [1.54, 1.807) is 6.92 Å². The minimum atomic E-state index is -4.00. The number of hydrogen-bond donors (Lipinski definition) is 0. The fourth-order valence-electron chi connectivity index (χ4n) is 2.65. The summed E-state index contributed by atoms with van der Waals surface area (Å²) < 4.78 is 110. The van der Waals surface area contributed by atoms with E-state index in [0.717, 1.165) is 12.1 Å². The van der Waals surface area contributed by atoms with Crippen molar-refractivity contribution in [2.45, 2.75) is 19.6 Å². The number of hydrogen-bond acceptors (Lipinski definition) is 3. The quantitative estimate of drug-likeness (QED) is 0.284. The summed E-state index contributed by atoms with van der Waals surface area (Å²) in [6.07, 6.45) is -4.00. The summed E-state index contributed by atoms with van der Waals surface area (Å²) in [6, 6.07) is 7.26. The molecule has 0 saturated carbocycles. The first-order valence-corrected chi connectivity index (χ1v) is 9.16. The Morgan fingerprint density at radius 1 is 0.719 bits per heavy atom. The third-order valence-corrected chi connectivity index (χ3v) is 4.20. The van der Waals surface area contributed by atoms with Crippen molar-refractivity contribution in [2.75, 3.05) is 6.61 Å². The second-order valence-corrected chi connectivity index (χ2v) is 6.43. The van der Waals surface area contributed by atoms with Crippen molar-refractivity contribution in [1.29, 1.82) is 0 Å². The van der Waals surface area contributed by atoms with Gasteiger partial charge in [0.1, 0.15) is 12.4 Å². The number of halogens is 7.